The van der Waals surface area contributed by atoms with Gasteiger partial charge in [-0.3, -0.25) is 9.78 Å². The monoisotopic (exact) mass is 293 g/mol. The summed E-state index contributed by atoms with van der Waals surface area (Å²) in [6.07, 6.45) is 2.80. The molecule has 0 aliphatic carbocycles. The molecule has 1 aromatic rings. The SMILES string of the molecule is CCCNCCNC(=O)c1cccnc1C.Cl.Cl. The van der Waals surface area contributed by atoms with Crippen LogP contribution in [0.4, 0.5) is 0 Å². The van der Waals surface area contributed by atoms with E-state index in [-0.39, 0.29) is 30.7 Å². The summed E-state index contributed by atoms with van der Waals surface area (Å²) in [5, 5.41) is 6.08. The number of amides is 1. The molecule has 0 aromatic carbocycles. The van der Waals surface area contributed by atoms with Gasteiger partial charge in [-0.15, -0.1) is 24.8 Å². The summed E-state index contributed by atoms with van der Waals surface area (Å²) in [7, 11) is 0. The second-order valence-electron chi connectivity index (χ2n) is 3.64. The van der Waals surface area contributed by atoms with Crippen molar-refractivity contribution in [1.82, 2.24) is 15.6 Å². The molecule has 18 heavy (non-hydrogen) atoms. The van der Waals surface area contributed by atoms with Crippen molar-refractivity contribution in [2.24, 2.45) is 0 Å². The minimum Gasteiger partial charge on any atom is -0.351 e. The van der Waals surface area contributed by atoms with Crippen LogP contribution in [-0.2, 0) is 0 Å². The van der Waals surface area contributed by atoms with Crippen LogP contribution in [0.1, 0.15) is 29.4 Å². The van der Waals surface area contributed by atoms with Crippen molar-refractivity contribution >= 4 is 30.7 Å². The zero-order chi connectivity index (χ0) is 11.8. The number of carbonyl (C=O) groups excluding carboxylic acids is 1. The predicted molar refractivity (Wildman–Crippen MR) is 79.0 cm³/mol. The lowest BCUT2D eigenvalue weighted by Gasteiger charge is -2.07. The van der Waals surface area contributed by atoms with Gasteiger partial charge in [-0.2, -0.15) is 0 Å². The second-order valence-corrected chi connectivity index (χ2v) is 3.64. The van der Waals surface area contributed by atoms with Crippen LogP contribution >= 0.6 is 24.8 Å². The first-order valence-corrected chi connectivity index (χ1v) is 5.66. The molecule has 1 aromatic heterocycles. The maximum absolute atomic E-state index is 11.7. The van der Waals surface area contributed by atoms with Crippen molar-refractivity contribution < 1.29 is 4.79 Å². The van der Waals surface area contributed by atoms with Gasteiger partial charge in [0.2, 0.25) is 0 Å². The Labute approximate surface area is 121 Å². The molecule has 0 atom stereocenters. The summed E-state index contributed by atoms with van der Waals surface area (Å²) < 4.78 is 0. The highest BCUT2D eigenvalue weighted by molar-refractivity contribution is 5.95. The topological polar surface area (TPSA) is 54.0 Å². The first-order chi connectivity index (χ1) is 7.75. The number of hydrogen-bond donors (Lipinski definition) is 2. The van der Waals surface area contributed by atoms with Gasteiger partial charge in [0.15, 0.2) is 0 Å². The first kappa shape index (κ1) is 19.5. The van der Waals surface area contributed by atoms with Crippen molar-refractivity contribution in [1.29, 1.82) is 0 Å². The van der Waals surface area contributed by atoms with Gasteiger partial charge >= 0.3 is 0 Å². The fraction of sp³-hybridized carbons (Fsp3) is 0.500. The molecule has 0 aliphatic rings. The van der Waals surface area contributed by atoms with E-state index < -0.39 is 0 Å². The number of aryl methyl sites for hydroxylation is 1. The Morgan fingerprint density at radius 1 is 1.28 bits per heavy atom. The third-order valence-electron chi connectivity index (χ3n) is 2.27. The van der Waals surface area contributed by atoms with E-state index in [1.807, 2.05) is 6.92 Å². The molecule has 0 unspecified atom stereocenters. The van der Waals surface area contributed by atoms with Gasteiger partial charge < -0.3 is 10.6 Å². The third-order valence-corrected chi connectivity index (χ3v) is 2.27. The van der Waals surface area contributed by atoms with Crippen molar-refractivity contribution in [3.8, 4) is 0 Å². The molecule has 0 spiro atoms. The molecule has 0 fully saturated rings. The lowest BCUT2D eigenvalue weighted by molar-refractivity contribution is 0.0953. The summed E-state index contributed by atoms with van der Waals surface area (Å²) in [5.41, 5.74) is 1.42. The lowest BCUT2D eigenvalue weighted by Crippen LogP contribution is -2.32. The van der Waals surface area contributed by atoms with E-state index in [2.05, 4.69) is 22.5 Å². The molecule has 0 saturated heterocycles. The van der Waals surface area contributed by atoms with E-state index in [9.17, 15) is 4.79 Å². The molecule has 1 rings (SSSR count). The van der Waals surface area contributed by atoms with Gasteiger partial charge in [0.05, 0.1) is 5.56 Å². The van der Waals surface area contributed by atoms with Gasteiger partial charge in [-0.25, -0.2) is 0 Å². The Morgan fingerprint density at radius 2 is 2.00 bits per heavy atom. The van der Waals surface area contributed by atoms with Crippen LogP contribution in [0, 0.1) is 6.92 Å². The van der Waals surface area contributed by atoms with Crippen LogP contribution in [-0.4, -0.2) is 30.5 Å². The minimum atomic E-state index is -0.0519. The van der Waals surface area contributed by atoms with Gasteiger partial charge in [-0.05, 0) is 32.0 Å². The predicted octanol–water partition coefficient (Wildman–Crippen LogP) is 1.96. The molecule has 1 heterocycles. The number of aromatic nitrogens is 1. The van der Waals surface area contributed by atoms with E-state index in [0.29, 0.717) is 12.1 Å². The Kier molecular flexibility index (Phi) is 12.2. The molecule has 6 heteroatoms. The minimum absolute atomic E-state index is 0. The van der Waals surface area contributed by atoms with Crippen LogP contribution in [0.25, 0.3) is 0 Å². The van der Waals surface area contributed by atoms with Gasteiger partial charge in [0, 0.05) is 25.0 Å². The summed E-state index contributed by atoms with van der Waals surface area (Å²) >= 11 is 0. The van der Waals surface area contributed by atoms with Crippen molar-refractivity contribution in [3.63, 3.8) is 0 Å². The number of halogens is 2. The molecular formula is C12H21Cl2N3O. The maximum Gasteiger partial charge on any atom is 0.253 e. The molecule has 2 N–H and O–H groups in total. The van der Waals surface area contributed by atoms with Crippen LogP contribution < -0.4 is 10.6 Å². The normalized spacial score (nSPS) is 9.00. The van der Waals surface area contributed by atoms with Crippen molar-refractivity contribution in [3.05, 3.63) is 29.6 Å². The molecule has 0 bridgehead atoms. The summed E-state index contributed by atoms with van der Waals surface area (Å²) in [4.78, 5) is 15.8. The number of rotatable bonds is 6. The van der Waals surface area contributed by atoms with Crippen molar-refractivity contribution in [2.45, 2.75) is 20.3 Å². The zero-order valence-corrected chi connectivity index (χ0v) is 12.4. The summed E-state index contributed by atoms with van der Waals surface area (Å²) in [6, 6.07) is 3.56. The first-order valence-electron chi connectivity index (χ1n) is 5.66. The van der Waals surface area contributed by atoms with Gasteiger partial charge in [0.25, 0.3) is 5.91 Å². The molecule has 1 amide bonds. The second kappa shape index (κ2) is 11.3. The highest BCUT2D eigenvalue weighted by atomic mass is 35.5. The maximum atomic E-state index is 11.7. The van der Waals surface area contributed by atoms with Crippen LogP contribution in [0.3, 0.4) is 0 Å². The van der Waals surface area contributed by atoms with Gasteiger partial charge in [0.1, 0.15) is 0 Å². The van der Waals surface area contributed by atoms with E-state index in [4.69, 9.17) is 0 Å². The molecule has 104 valence electrons. The summed E-state index contributed by atoms with van der Waals surface area (Å²) in [6.45, 7) is 6.39. The fourth-order valence-electron chi connectivity index (χ4n) is 1.39. The third kappa shape index (κ3) is 6.79. The molecular weight excluding hydrogens is 273 g/mol. The zero-order valence-electron chi connectivity index (χ0n) is 10.7. The van der Waals surface area contributed by atoms with Crippen LogP contribution in [0.15, 0.2) is 18.3 Å². The molecule has 0 aliphatic heterocycles. The largest absolute Gasteiger partial charge is 0.351 e. The van der Waals surface area contributed by atoms with E-state index in [1.54, 1.807) is 18.3 Å². The van der Waals surface area contributed by atoms with E-state index >= 15 is 0 Å². The van der Waals surface area contributed by atoms with Gasteiger partial charge in [-0.1, -0.05) is 6.92 Å². The Balaban J connectivity index is 0. The number of hydrogen-bond acceptors (Lipinski definition) is 3. The van der Waals surface area contributed by atoms with Crippen molar-refractivity contribution in [2.75, 3.05) is 19.6 Å². The highest BCUT2D eigenvalue weighted by Crippen LogP contribution is 2.02. The Bertz CT molecular complexity index is 348. The molecule has 0 saturated carbocycles. The average Bonchev–Trinajstić information content (AvgIpc) is 2.29. The highest BCUT2D eigenvalue weighted by Gasteiger charge is 2.07. The smallest absolute Gasteiger partial charge is 0.253 e. The number of nitrogens with one attached hydrogen (secondary N) is 2. The lowest BCUT2D eigenvalue weighted by atomic mass is 10.2. The molecule has 4 nitrogen and oxygen atoms in total. The van der Waals surface area contributed by atoms with E-state index in [0.717, 1.165) is 25.2 Å². The van der Waals surface area contributed by atoms with E-state index in [1.165, 1.54) is 0 Å². The average molecular weight is 294 g/mol. The quantitative estimate of drug-likeness (QED) is 0.789. The number of carbonyl (C=O) groups is 1. The Hall–Kier alpha value is -0.840. The standard InChI is InChI=1S/C12H19N3O.2ClH/c1-3-6-13-8-9-15-12(16)11-5-4-7-14-10(11)2;;/h4-5,7,13H,3,6,8-9H2,1-2H3,(H,15,16);2*1H. The van der Waals surface area contributed by atoms with Crippen LogP contribution in [0.5, 0.6) is 0 Å². The Morgan fingerprint density at radius 3 is 2.61 bits per heavy atom. The summed E-state index contributed by atoms with van der Waals surface area (Å²) in [5.74, 6) is -0.0519. The fourth-order valence-corrected chi connectivity index (χ4v) is 1.39. The molecule has 0 radical (unpaired) electrons. The van der Waals surface area contributed by atoms with Crippen LogP contribution in [0.2, 0.25) is 0 Å². The number of pyridine rings is 1. The number of nitrogens with zero attached hydrogens (tertiary/aromatic N) is 1.